The molecule has 0 aromatic heterocycles. The molecule has 0 aromatic carbocycles. The summed E-state index contributed by atoms with van der Waals surface area (Å²) >= 11 is 2.05. The Bertz CT molecular complexity index is 370. The molecule has 0 spiro atoms. The molecular formula is C12H16I2N3-. The van der Waals surface area contributed by atoms with Gasteiger partial charge in [0.1, 0.15) is 0 Å². The Labute approximate surface area is 128 Å². The fraction of sp³-hybridized carbons (Fsp3) is 0.750. The number of rotatable bonds is 5. The Morgan fingerprint density at radius 2 is 1.65 bits per heavy atom. The van der Waals surface area contributed by atoms with Crippen molar-refractivity contribution < 1.29 is 21.2 Å². The van der Waals surface area contributed by atoms with Gasteiger partial charge in [0.15, 0.2) is 0 Å². The van der Waals surface area contributed by atoms with Crippen molar-refractivity contribution in [1.82, 2.24) is 0 Å². The van der Waals surface area contributed by atoms with Crippen LogP contribution in [0.15, 0.2) is 0 Å². The average Bonchev–Trinajstić information content (AvgIpc) is 2.34. The minimum atomic E-state index is -0.942. The Balaban J connectivity index is 5.01. The van der Waals surface area contributed by atoms with Gasteiger partial charge < -0.3 is 0 Å². The van der Waals surface area contributed by atoms with Crippen molar-refractivity contribution in [3.8, 4) is 18.2 Å². The standard InChI is InChI=1S/C12H16I2N3/c1-9(11(2,6-15)7-16)10(14-4)5-12(3,13)8-17/h9-10H,5H2,1-4H3/q-1. The van der Waals surface area contributed by atoms with E-state index in [4.69, 9.17) is 15.8 Å². The molecule has 0 saturated carbocycles. The first kappa shape index (κ1) is 16.9. The van der Waals surface area contributed by atoms with Crippen LogP contribution in [0.4, 0.5) is 0 Å². The summed E-state index contributed by atoms with van der Waals surface area (Å²) in [6, 6.07) is 6.52. The summed E-state index contributed by atoms with van der Waals surface area (Å²) in [6.07, 6.45) is 0.758. The van der Waals surface area contributed by atoms with E-state index >= 15 is 0 Å². The third kappa shape index (κ3) is 4.60. The molecule has 0 bridgehead atoms. The van der Waals surface area contributed by atoms with Gasteiger partial charge in [-0.05, 0) is 0 Å². The molecule has 3 atom stereocenters. The summed E-state index contributed by atoms with van der Waals surface area (Å²) in [5, 5.41) is 27.3. The summed E-state index contributed by atoms with van der Waals surface area (Å²) in [5.74, 6) is 0.0118. The van der Waals surface area contributed by atoms with Crippen LogP contribution in [-0.2, 0) is 0 Å². The van der Waals surface area contributed by atoms with Crippen LogP contribution in [0.3, 0.4) is 0 Å². The maximum atomic E-state index is 9.13. The molecular weight excluding hydrogens is 440 g/mol. The first-order valence-electron chi connectivity index (χ1n) is 5.17. The van der Waals surface area contributed by atoms with Crippen molar-refractivity contribution in [1.29, 1.82) is 15.8 Å². The Morgan fingerprint density at radius 3 is 1.94 bits per heavy atom. The number of halogens is 2. The summed E-state index contributed by atoms with van der Waals surface area (Å²) < 4.78 is -0.0854. The zero-order valence-corrected chi connectivity index (χ0v) is 14.8. The molecule has 3 unspecified atom stereocenters. The number of hydrogen-bond acceptors (Lipinski definition) is 3. The fourth-order valence-corrected chi connectivity index (χ4v) is 5.88. The topological polar surface area (TPSA) is 71.4 Å². The Morgan fingerprint density at radius 1 is 1.18 bits per heavy atom. The summed E-state index contributed by atoms with van der Waals surface area (Å²) in [4.78, 5) is 2.15. The SMILES string of the molecule is C[I-]C(CC(C)(I)C#N)C(C)C(C)(C#N)C#N. The molecule has 0 aromatic rings. The maximum absolute atomic E-state index is 9.13. The number of alkyl halides is 3. The number of nitriles is 3. The Hall–Kier alpha value is -0.0700. The van der Waals surface area contributed by atoms with Crippen molar-refractivity contribution >= 4 is 22.6 Å². The van der Waals surface area contributed by atoms with E-state index in [2.05, 4.69) is 45.7 Å². The van der Waals surface area contributed by atoms with Crippen molar-refractivity contribution in [3.05, 3.63) is 0 Å². The van der Waals surface area contributed by atoms with E-state index in [1.165, 1.54) is 0 Å². The molecule has 17 heavy (non-hydrogen) atoms. The molecule has 3 nitrogen and oxygen atoms in total. The van der Waals surface area contributed by atoms with Crippen LogP contribution < -0.4 is 21.2 Å². The zero-order chi connectivity index (χ0) is 13.7. The van der Waals surface area contributed by atoms with Gasteiger partial charge in [0.25, 0.3) is 0 Å². The molecule has 0 aliphatic heterocycles. The van der Waals surface area contributed by atoms with Crippen molar-refractivity contribution in [2.45, 2.75) is 34.5 Å². The molecule has 5 heteroatoms. The molecule has 0 N–H and O–H groups in total. The van der Waals surface area contributed by atoms with Gasteiger partial charge >= 0.3 is 129 Å². The van der Waals surface area contributed by atoms with Crippen molar-refractivity contribution in [3.63, 3.8) is 0 Å². The van der Waals surface area contributed by atoms with Crippen LogP contribution in [0.5, 0.6) is 0 Å². The van der Waals surface area contributed by atoms with Gasteiger partial charge in [-0.25, -0.2) is 0 Å². The summed E-state index contributed by atoms with van der Waals surface area (Å²) in [6.45, 7) is 5.56. The third-order valence-corrected chi connectivity index (χ3v) is 6.81. The second kappa shape index (κ2) is 6.75. The third-order valence-electron chi connectivity index (χ3n) is 3.01. The van der Waals surface area contributed by atoms with E-state index < -0.39 is 8.84 Å². The molecule has 0 saturated heterocycles. The van der Waals surface area contributed by atoms with Crippen LogP contribution in [0, 0.1) is 45.3 Å². The van der Waals surface area contributed by atoms with Gasteiger partial charge in [0.2, 0.25) is 0 Å². The van der Waals surface area contributed by atoms with Gasteiger partial charge in [-0.3, -0.25) is 0 Å². The van der Waals surface area contributed by atoms with E-state index in [1.807, 2.05) is 13.8 Å². The second-order valence-corrected chi connectivity index (χ2v) is 9.69. The van der Waals surface area contributed by atoms with Gasteiger partial charge in [0, 0.05) is 0 Å². The van der Waals surface area contributed by atoms with Crippen molar-refractivity contribution in [2.75, 3.05) is 4.93 Å². The summed E-state index contributed by atoms with van der Waals surface area (Å²) in [7, 11) is 0. The predicted molar refractivity (Wildman–Crippen MR) is 70.9 cm³/mol. The molecule has 0 radical (unpaired) electrons. The molecule has 0 aliphatic rings. The van der Waals surface area contributed by atoms with E-state index in [0.717, 1.165) is 6.42 Å². The Kier molecular flexibility index (Phi) is 6.73. The molecule has 0 amide bonds. The number of hydrogen-bond donors (Lipinski definition) is 0. The van der Waals surface area contributed by atoms with Gasteiger partial charge in [-0.15, -0.1) is 0 Å². The van der Waals surface area contributed by atoms with Gasteiger partial charge in [-0.1, -0.05) is 0 Å². The van der Waals surface area contributed by atoms with E-state index in [1.54, 1.807) is 6.92 Å². The molecule has 0 fully saturated rings. The monoisotopic (exact) mass is 456 g/mol. The van der Waals surface area contributed by atoms with Crippen LogP contribution in [0.1, 0.15) is 27.2 Å². The van der Waals surface area contributed by atoms with Gasteiger partial charge in [-0.2, -0.15) is 0 Å². The normalized spacial score (nSPS) is 18.2. The van der Waals surface area contributed by atoms with Crippen LogP contribution >= 0.6 is 22.6 Å². The van der Waals surface area contributed by atoms with Gasteiger partial charge in [0.05, 0.1) is 0 Å². The molecule has 0 rings (SSSR count). The quantitative estimate of drug-likeness (QED) is 0.428. The van der Waals surface area contributed by atoms with E-state index in [0.29, 0.717) is 3.92 Å². The fourth-order valence-electron chi connectivity index (χ4n) is 1.45. The van der Waals surface area contributed by atoms with Crippen LogP contribution in [0.25, 0.3) is 0 Å². The second-order valence-electron chi connectivity index (χ2n) is 4.46. The first-order chi connectivity index (χ1) is 7.76. The van der Waals surface area contributed by atoms with Crippen LogP contribution in [-0.4, -0.2) is 12.3 Å². The molecule has 94 valence electrons. The predicted octanol–water partition coefficient (Wildman–Crippen LogP) is -0.129. The minimum absolute atomic E-state index is 0.0118. The summed E-state index contributed by atoms with van der Waals surface area (Å²) in [5.41, 5.74) is -0.942. The van der Waals surface area contributed by atoms with Crippen molar-refractivity contribution in [2.24, 2.45) is 11.3 Å². The number of nitrogens with zero attached hydrogens (tertiary/aromatic N) is 3. The van der Waals surface area contributed by atoms with Crippen LogP contribution in [0.2, 0.25) is 0 Å². The molecule has 0 aliphatic carbocycles. The van der Waals surface area contributed by atoms with E-state index in [-0.39, 0.29) is 27.1 Å². The average molecular weight is 456 g/mol. The molecule has 0 heterocycles. The first-order valence-corrected chi connectivity index (χ1v) is 9.65. The van der Waals surface area contributed by atoms with E-state index in [9.17, 15) is 0 Å². The zero-order valence-electron chi connectivity index (χ0n) is 10.5.